The summed E-state index contributed by atoms with van der Waals surface area (Å²) >= 11 is 3.30. The molecule has 0 bridgehead atoms. The second-order valence-corrected chi connectivity index (χ2v) is 5.01. The van der Waals surface area contributed by atoms with Gasteiger partial charge in [-0.25, -0.2) is 15.0 Å². The van der Waals surface area contributed by atoms with Crippen molar-refractivity contribution in [1.29, 1.82) is 0 Å². The van der Waals surface area contributed by atoms with E-state index in [-0.39, 0.29) is 0 Å². The molecule has 114 valence electrons. The van der Waals surface area contributed by atoms with Crippen LogP contribution in [0.1, 0.15) is 0 Å². The zero-order chi connectivity index (χ0) is 15.9. The smallest absolute Gasteiger partial charge is 0.439 e. The number of carbonyl (C=O) groups excluding carboxylic acids is 2. The maximum absolute atomic E-state index is 12.3. The summed E-state index contributed by atoms with van der Waals surface area (Å²) < 4.78 is 10.6. The van der Waals surface area contributed by atoms with Gasteiger partial charge in [-0.3, -0.25) is 0 Å². The van der Waals surface area contributed by atoms with Crippen LogP contribution in [0.15, 0.2) is 59.1 Å². The minimum absolute atomic E-state index is 0.362. The molecule has 0 saturated carbocycles. The van der Waals surface area contributed by atoms with Gasteiger partial charge >= 0.3 is 12.2 Å². The topological polar surface area (TPSA) is 67.9 Å². The van der Waals surface area contributed by atoms with Crippen LogP contribution in [-0.4, -0.2) is 19.3 Å². The molecule has 0 atom stereocenters. The number of nitrogens with zero attached hydrogens (tertiary/aromatic N) is 1. The number of halogens is 1. The van der Waals surface area contributed by atoms with E-state index in [1.165, 1.54) is 7.11 Å². The zero-order valence-corrected chi connectivity index (χ0v) is 13.2. The summed E-state index contributed by atoms with van der Waals surface area (Å²) in [5.41, 5.74) is 2.73. The summed E-state index contributed by atoms with van der Waals surface area (Å²) in [6.07, 6.45) is -1.55. The van der Waals surface area contributed by atoms with Crippen molar-refractivity contribution in [2.24, 2.45) is 0 Å². The lowest BCUT2D eigenvalue weighted by Crippen LogP contribution is -2.47. The lowest BCUT2D eigenvalue weighted by molar-refractivity contribution is 0.165. The second kappa shape index (κ2) is 7.46. The summed E-state index contributed by atoms with van der Waals surface area (Å²) in [4.78, 5) is 23.7. The highest BCUT2D eigenvalue weighted by Crippen LogP contribution is 2.19. The molecule has 1 N–H and O–H groups in total. The van der Waals surface area contributed by atoms with Crippen LogP contribution < -0.4 is 15.2 Å². The number of hydrogen-bond acceptors (Lipinski definition) is 4. The first kappa shape index (κ1) is 15.8. The minimum Gasteiger partial charge on any atom is -0.452 e. The molecule has 22 heavy (non-hydrogen) atoms. The van der Waals surface area contributed by atoms with Gasteiger partial charge in [0.2, 0.25) is 0 Å². The molecule has 0 aliphatic heterocycles. The van der Waals surface area contributed by atoms with Crippen LogP contribution in [0.2, 0.25) is 0 Å². The van der Waals surface area contributed by atoms with Crippen LogP contribution in [0.3, 0.4) is 0 Å². The van der Waals surface area contributed by atoms with Crippen molar-refractivity contribution in [3.63, 3.8) is 0 Å². The van der Waals surface area contributed by atoms with Gasteiger partial charge in [-0.05, 0) is 36.4 Å². The minimum atomic E-state index is -0.784. The van der Waals surface area contributed by atoms with Gasteiger partial charge in [0.05, 0.1) is 12.8 Å². The number of nitrogens with one attached hydrogen (secondary N) is 1. The van der Waals surface area contributed by atoms with Gasteiger partial charge in [0.1, 0.15) is 5.75 Å². The number of para-hydroxylation sites is 1. The molecule has 0 spiro atoms. The summed E-state index contributed by atoms with van der Waals surface area (Å²) in [6.45, 7) is 0. The number of methoxy groups -OCH3 is 1. The van der Waals surface area contributed by atoms with Crippen molar-refractivity contribution in [1.82, 2.24) is 5.43 Å². The predicted octanol–water partition coefficient (Wildman–Crippen LogP) is 3.73. The summed E-state index contributed by atoms with van der Waals surface area (Å²) in [5, 5.41) is 0.964. The molecule has 0 aliphatic carbocycles. The maximum atomic E-state index is 12.3. The molecule has 2 aromatic rings. The monoisotopic (exact) mass is 364 g/mol. The molecule has 0 saturated heterocycles. The molecular weight excluding hydrogens is 352 g/mol. The van der Waals surface area contributed by atoms with E-state index in [0.717, 1.165) is 9.48 Å². The number of anilines is 1. The van der Waals surface area contributed by atoms with E-state index in [1.54, 1.807) is 54.6 Å². The van der Waals surface area contributed by atoms with Gasteiger partial charge < -0.3 is 9.47 Å². The van der Waals surface area contributed by atoms with E-state index < -0.39 is 12.2 Å². The Morgan fingerprint density at radius 3 is 2.27 bits per heavy atom. The van der Waals surface area contributed by atoms with Crippen molar-refractivity contribution in [3.05, 3.63) is 59.1 Å². The first-order valence-corrected chi connectivity index (χ1v) is 7.06. The summed E-state index contributed by atoms with van der Waals surface area (Å²) in [5.74, 6) is 0.362. The highest BCUT2D eigenvalue weighted by Gasteiger charge is 2.21. The van der Waals surface area contributed by atoms with Crippen molar-refractivity contribution < 1.29 is 19.1 Å². The normalized spacial score (nSPS) is 9.73. The molecule has 2 amide bonds. The molecule has 0 fully saturated rings. The lowest BCUT2D eigenvalue weighted by Gasteiger charge is -2.21. The summed E-state index contributed by atoms with van der Waals surface area (Å²) in [7, 11) is 1.21. The first-order valence-electron chi connectivity index (χ1n) is 6.27. The van der Waals surface area contributed by atoms with Crippen LogP contribution in [0.25, 0.3) is 0 Å². The largest absolute Gasteiger partial charge is 0.452 e. The van der Waals surface area contributed by atoms with Crippen molar-refractivity contribution >= 4 is 33.8 Å². The van der Waals surface area contributed by atoms with E-state index in [4.69, 9.17) is 4.74 Å². The fourth-order valence-corrected chi connectivity index (χ4v) is 1.84. The molecule has 0 unspecified atom stereocenters. The third kappa shape index (κ3) is 4.23. The third-order valence-corrected chi connectivity index (χ3v) is 3.13. The molecule has 6 nitrogen and oxygen atoms in total. The van der Waals surface area contributed by atoms with Crippen molar-refractivity contribution in [2.75, 3.05) is 12.1 Å². The number of hydrazine groups is 1. The van der Waals surface area contributed by atoms with Gasteiger partial charge in [0.25, 0.3) is 0 Å². The highest BCUT2D eigenvalue weighted by molar-refractivity contribution is 9.10. The van der Waals surface area contributed by atoms with E-state index in [2.05, 4.69) is 26.1 Å². The Kier molecular flexibility index (Phi) is 5.37. The molecule has 2 aromatic carbocycles. The van der Waals surface area contributed by atoms with E-state index in [1.807, 2.05) is 0 Å². The van der Waals surface area contributed by atoms with Crippen molar-refractivity contribution in [2.45, 2.75) is 0 Å². The predicted molar refractivity (Wildman–Crippen MR) is 84.6 cm³/mol. The number of benzene rings is 2. The standard InChI is InChI=1S/C15H13BrN2O4/c1-21-14(19)17-18(12-9-7-11(16)8-10-12)15(20)22-13-5-3-2-4-6-13/h2-10H,1H3,(H,17,19). The summed E-state index contributed by atoms with van der Waals surface area (Å²) in [6, 6.07) is 15.3. The number of ether oxygens (including phenoxy) is 2. The Labute approximate surface area is 135 Å². The Balaban J connectivity index is 2.21. The van der Waals surface area contributed by atoms with Crippen LogP contribution in [0.5, 0.6) is 5.75 Å². The fraction of sp³-hybridized carbons (Fsp3) is 0.0667. The van der Waals surface area contributed by atoms with Crippen LogP contribution >= 0.6 is 15.9 Å². The zero-order valence-electron chi connectivity index (χ0n) is 11.7. The average Bonchev–Trinajstić information content (AvgIpc) is 2.54. The Morgan fingerprint density at radius 2 is 1.68 bits per heavy atom. The Hall–Kier alpha value is -2.54. The third-order valence-electron chi connectivity index (χ3n) is 2.60. The molecular formula is C15H13BrN2O4. The number of carbonyl (C=O) groups is 2. The van der Waals surface area contributed by atoms with Crippen LogP contribution in [0.4, 0.5) is 15.3 Å². The molecule has 2 rings (SSSR count). The molecule has 7 heteroatoms. The number of rotatable bonds is 2. The fourth-order valence-electron chi connectivity index (χ4n) is 1.58. The number of amides is 2. The molecule has 0 radical (unpaired) electrons. The molecule has 0 aliphatic rings. The van der Waals surface area contributed by atoms with Crippen LogP contribution in [-0.2, 0) is 4.74 Å². The average molecular weight is 365 g/mol. The van der Waals surface area contributed by atoms with Gasteiger partial charge in [-0.2, -0.15) is 5.01 Å². The van der Waals surface area contributed by atoms with Gasteiger partial charge in [-0.15, -0.1) is 0 Å². The Bertz CT molecular complexity index is 646. The second-order valence-electron chi connectivity index (χ2n) is 4.10. The number of hydrogen-bond donors (Lipinski definition) is 1. The highest BCUT2D eigenvalue weighted by atomic mass is 79.9. The first-order chi connectivity index (χ1) is 10.6. The SMILES string of the molecule is COC(=O)NN(C(=O)Oc1ccccc1)c1ccc(Br)cc1. The van der Waals surface area contributed by atoms with E-state index >= 15 is 0 Å². The Morgan fingerprint density at radius 1 is 1.05 bits per heavy atom. The van der Waals surface area contributed by atoms with Gasteiger partial charge in [-0.1, -0.05) is 34.1 Å². The lowest BCUT2D eigenvalue weighted by atomic mass is 10.3. The van der Waals surface area contributed by atoms with Crippen LogP contribution in [0, 0.1) is 0 Å². The van der Waals surface area contributed by atoms with E-state index in [9.17, 15) is 9.59 Å². The van der Waals surface area contributed by atoms with Gasteiger partial charge in [0.15, 0.2) is 0 Å². The van der Waals surface area contributed by atoms with Crippen molar-refractivity contribution in [3.8, 4) is 5.75 Å². The van der Waals surface area contributed by atoms with Gasteiger partial charge in [0, 0.05) is 4.47 Å². The maximum Gasteiger partial charge on any atom is 0.439 e. The molecule has 0 aromatic heterocycles. The molecule has 0 heterocycles. The quantitative estimate of drug-likeness (QED) is 0.824. The van der Waals surface area contributed by atoms with E-state index in [0.29, 0.717) is 11.4 Å².